The van der Waals surface area contributed by atoms with Crippen molar-refractivity contribution in [3.63, 3.8) is 0 Å². The molecule has 0 aromatic carbocycles. The Bertz CT molecular complexity index is 958. The van der Waals surface area contributed by atoms with Gasteiger partial charge in [0, 0.05) is 31.4 Å². The van der Waals surface area contributed by atoms with Crippen LogP contribution < -0.4 is 11.1 Å². The fourth-order valence-corrected chi connectivity index (χ4v) is 4.92. The first-order valence-electron chi connectivity index (χ1n) is 9.99. The number of nitriles is 1. The van der Waals surface area contributed by atoms with Gasteiger partial charge in [-0.15, -0.1) is 0 Å². The lowest BCUT2D eigenvalue weighted by atomic mass is 9.76. The van der Waals surface area contributed by atoms with Gasteiger partial charge in [-0.25, -0.2) is 4.98 Å². The Morgan fingerprint density at radius 3 is 2.93 bits per heavy atom. The van der Waals surface area contributed by atoms with E-state index in [1.54, 1.807) is 6.20 Å². The van der Waals surface area contributed by atoms with E-state index in [2.05, 4.69) is 28.4 Å². The third kappa shape index (κ3) is 4.59. The number of fused-ring (bicyclic) bond motifs is 1. The van der Waals surface area contributed by atoms with Gasteiger partial charge in [0.25, 0.3) is 0 Å². The zero-order valence-corrected chi connectivity index (χ0v) is 17.9. The van der Waals surface area contributed by atoms with E-state index >= 15 is 0 Å². The zero-order chi connectivity index (χ0) is 21.6. The number of pyridine rings is 1. The van der Waals surface area contributed by atoms with Gasteiger partial charge in [0.1, 0.15) is 23.2 Å². The predicted octanol–water partition coefficient (Wildman–Crippen LogP) is 1.87. The molecule has 1 aliphatic rings. The van der Waals surface area contributed by atoms with E-state index in [0.29, 0.717) is 61.0 Å². The quantitative estimate of drug-likeness (QED) is 0.251. The average molecular weight is 430 g/mol. The molecular formula is C20H27N7O2S. The summed E-state index contributed by atoms with van der Waals surface area (Å²) in [5.41, 5.74) is 5.96. The predicted molar refractivity (Wildman–Crippen MR) is 118 cm³/mol. The highest BCUT2D eigenvalue weighted by Crippen LogP contribution is 2.40. The number of aromatic nitrogens is 3. The highest BCUT2D eigenvalue weighted by atomic mass is 32.2. The van der Waals surface area contributed by atoms with Crippen LogP contribution >= 0.6 is 0 Å². The van der Waals surface area contributed by atoms with E-state index < -0.39 is 16.6 Å². The summed E-state index contributed by atoms with van der Waals surface area (Å²) in [6.45, 7) is 3.86. The maximum absolute atomic E-state index is 11.9. The van der Waals surface area contributed by atoms with Gasteiger partial charge in [0.05, 0.1) is 24.3 Å². The zero-order valence-electron chi connectivity index (χ0n) is 17.1. The van der Waals surface area contributed by atoms with Gasteiger partial charge in [-0.2, -0.15) is 15.0 Å². The fourth-order valence-electron chi connectivity index (χ4n) is 3.57. The third-order valence-corrected chi connectivity index (χ3v) is 6.49. The molecule has 1 aliphatic heterocycles. The number of anilines is 1. The Morgan fingerprint density at radius 2 is 2.27 bits per heavy atom. The summed E-state index contributed by atoms with van der Waals surface area (Å²) in [7, 11) is 0. The van der Waals surface area contributed by atoms with Crippen molar-refractivity contribution in [1.82, 2.24) is 14.8 Å². The minimum absolute atomic E-state index is 0.0742. The molecule has 160 valence electrons. The van der Waals surface area contributed by atoms with Crippen LogP contribution in [0.1, 0.15) is 31.7 Å². The summed E-state index contributed by atoms with van der Waals surface area (Å²) in [5, 5.41) is 26.6. The maximum Gasteiger partial charge on any atom is 0.167 e. The standard InChI is InChI=1S/C20H27N7O2S/c1-2-8-29-9-7-24-18-12-16(20(14-22)4-10-30(28)11-5-20)15-13-25-27(19(15)26-18)17(23)3-6-21/h3,6,12-13,23H,2,4-5,7-11,21H2,1H3,(H,24,26)/b6-3-,23-17?. The van der Waals surface area contributed by atoms with Gasteiger partial charge >= 0.3 is 0 Å². The van der Waals surface area contributed by atoms with Crippen LogP contribution in [0.2, 0.25) is 0 Å². The molecule has 1 saturated heterocycles. The van der Waals surface area contributed by atoms with E-state index in [9.17, 15) is 9.81 Å². The molecule has 0 saturated carbocycles. The van der Waals surface area contributed by atoms with Gasteiger partial charge in [-0.05, 0) is 30.3 Å². The van der Waals surface area contributed by atoms with Crippen molar-refractivity contribution in [2.75, 3.05) is 36.6 Å². The largest absolute Gasteiger partial charge is 0.616 e. The molecule has 0 radical (unpaired) electrons. The molecule has 0 bridgehead atoms. The first-order chi connectivity index (χ1) is 14.5. The first kappa shape index (κ1) is 22.1. The molecule has 3 heterocycles. The molecule has 2 aromatic rings. The minimum atomic E-state index is -0.891. The van der Waals surface area contributed by atoms with Crippen LogP contribution in [0.3, 0.4) is 0 Å². The number of allylic oxidation sites excluding steroid dienone is 1. The average Bonchev–Trinajstić information content (AvgIpc) is 3.18. The number of rotatable bonds is 8. The van der Waals surface area contributed by atoms with Crippen molar-refractivity contribution in [2.45, 2.75) is 31.6 Å². The molecule has 0 spiro atoms. The molecule has 3 rings (SSSR count). The lowest BCUT2D eigenvalue weighted by Gasteiger charge is -2.32. The molecule has 10 heteroatoms. The Balaban J connectivity index is 2.03. The van der Waals surface area contributed by atoms with Crippen LogP contribution in [-0.2, 0) is 21.3 Å². The maximum atomic E-state index is 11.9. The van der Waals surface area contributed by atoms with E-state index in [1.807, 2.05) is 6.07 Å². The summed E-state index contributed by atoms with van der Waals surface area (Å²) in [6, 6.07) is 4.36. The molecule has 30 heavy (non-hydrogen) atoms. The van der Waals surface area contributed by atoms with Crippen LogP contribution in [0.5, 0.6) is 0 Å². The second-order valence-electron chi connectivity index (χ2n) is 7.17. The van der Waals surface area contributed by atoms with E-state index in [4.69, 9.17) is 15.9 Å². The lowest BCUT2D eigenvalue weighted by molar-refractivity contribution is 0.144. The summed E-state index contributed by atoms with van der Waals surface area (Å²) in [4.78, 5) is 4.64. The minimum Gasteiger partial charge on any atom is -0.616 e. The molecule has 0 aliphatic carbocycles. The van der Waals surface area contributed by atoms with Crippen LogP contribution in [0, 0.1) is 16.7 Å². The summed E-state index contributed by atoms with van der Waals surface area (Å²) >= 11 is -0.891. The van der Waals surface area contributed by atoms with E-state index in [1.165, 1.54) is 17.0 Å². The van der Waals surface area contributed by atoms with Crippen molar-refractivity contribution in [1.29, 1.82) is 10.7 Å². The molecule has 1 fully saturated rings. The summed E-state index contributed by atoms with van der Waals surface area (Å²) < 4.78 is 18.8. The number of nitrogens with one attached hydrogen (secondary N) is 2. The number of ether oxygens (including phenoxy) is 1. The normalized spacial score (nSPS) is 21.7. The van der Waals surface area contributed by atoms with Gasteiger partial charge in [0.2, 0.25) is 0 Å². The lowest BCUT2D eigenvalue weighted by Crippen LogP contribution is -2.36. The monoisotopic (exact) mass is 429 g/mol. The molecule has 0 amide bonds. The smallest absolute Gasteiger partial charge is 0.167 e. The Labute approximate surface area is 179 Å². The van der Waals surface area contributed by atoms with E-state index in [0.717, 1.165) is 12.0 Å². The Kier molecular flexibility index (Phi) is 7.31. The molecule has 0 atom stereocenters. The Morgan fingerprint density at radius 1 is 1.50 bits per heavy atom. The van der Waals surface area contributed by atoms with Gasteiger partial charge in [-0.3, -0.25) is 5.41 Å². The highest BCUT2D eigenvalue weighted by Gasteiger charge is 2.41. The van der Waals surface area contributed by atoms with Crippen molar-refractivity contribution in [3.05, 3.63) is 30.1 Å². The van der Waals surface area contributed by atoms with Crippen LogP contribution in [0.4, 0.5) is 5.82 Å². The molecule has 4 N–H and O–H groups in total. The molecule has 9 nitrogen and oxygen atoms in total. The van der Waals surface area contributed by atoms with Crippen LogP contribution in [0.15, 0.2) is 24.5 Å². The second-order valence-corrected chi connectivity index (χ2v) is 8.87. The van der Waals surface area contributed by atoms with Gasteiger partial charge in [0.15, 0.2) is 5.65 Å². The van der Waals surface area contributed by atoms with Gasteiger partial charge in [-0.1, -0.05) is 18.1 Å². The topological polar surface area (TPSA) is 149 Å². The van der Waals surface area contributed by atoms with E-state index in [-0.39, 0.29) is 5.84 Å². The SMILES string of the molecule is CCCOCCNc1cc(C2(C#N)CC[S+]([O-])CC2)c2cnn(C(=N)/C=C\N)c2n1. The Hall–Kier alpha value is -2.61. The van der Waals surface area contributed by atoms with Gasteiger partial charge < -0.3 is 20.3 Å². The fraction of sp³-hybridized carbons (Fsp3) is 0.500. The second kappa shape index (κ2) is 9.93. The number of nitrogens with zero attached hydrogens (tertiary/aromatic N) is 4. The van der Waals surface area contributed by atoms with Crippen LogP contribution in [0.25, 0.3) is 11.0 Å². The first-order valence-corrected chi connectivity index (χ1v) is 11.5. The van der Waals surface area contributed by atoms with Crippen LogP contribution in [-0.4, -0.2) is 56.4 Å². The number of hydrogen-bond donors (Lipinski definition) is 3. The highest BCUT2D eigenvalue weighted by molar-refractivity contribution is 7.91. The van der Waals surface area contributed by atoms with Crippen molar-refractivity contribution in [2.24, 2.45) is 5.73 Å². The van der Waals surface area contributed by atoms with Crippen molar-refractivity contribution in [3.8, 4) is 6.07 Å². The van der Waals surface area contributed by atoms with Crippen molar-refractivity contribution < 1.29 is 9.29 Å². The summed E-state index contributed by atoms with van der Waals surface area (Å²) in [5.74, 6) is 1.64. The summed E-state index contributed by atoms with van der Waals surface area (Å²) in [6.07, 6.45) is 6.32. The third-order valence-electron chi connectivity index (χ3n) is 5.17. The number of hydrogen-bond acceptors (Lipinski definition) is 8. The number of nitrogens with two attached hydrogens (primary N) is 1. The molecule has 0 unspecified atom stereocenters. The van der Waals surface area contributed by atoms with Crippen molar-refractivity contribution >= 4 is 33.9 Å². The molecule has 2 aromatic heterocycles. The molecular weight excluding hydrogens is 402 g/mol.